The van der Waals surface area contributed by atoms with Crippen LogP contribution >= 0.6 is 0 Å². The molecule has 1 heterocycles. The lowest BCUT2D eigenvalue weighted by Gasteiger charge is -2.27. The quantitative estimate of drug-likeness (QED) is 0.0368. The third-order valence-corrected chi connectivity index (χ3v) is 10.4. The van der Waals surface area contributed by atoms with E-state index in [0.29, 0.717) is 12.8 Å². The van der Waals surface area contributed by atoms with Crippen molar-refractivity contribution >= 4 is 17.9 Å². The van der Waals surface area contributed by atoms with Crippen molar-refractivity contribution in [3.05, 3.63) is 0 Å². The molecule has 1 aliphatic heterocycles. The molecule has 8 nitrogen and oxygen atoms in total. The minimum atomic E-state index is -0.798. The van der Waals surface area contributed by atoms with Crippen molar-refractivity contribution in [3.63, 3.8) is 0 Å². The Morgan fingerprint density at radius 2 is 1.00 bits per heavy atom. The van der Waals surface area contributed by atoms with Gasteiger partial charge in [-0.25, -0.2) is 0 Å². The van der Waals surface area contributed by atoms with Gasteiger partial charge in [-0.3, -0.25) is 14.4 Å². The van der Waals surface area contributed by atoms with Crippen molar-refractivity contribution in [2.45, 2.75) is 213 Å². The molecule has 0 aliphatic carbocycles. The lowest BCUT2D eigenvalue weighted by molar-refractivity contribution is -0.173. The molecular formula is C43H81NO7. The van der Waals surface area contributed by atoms with Gasteiger partial charge in [0.05, 0.1) is 18.4 Å². The molecule has 3 unspecified atom stereocenters. The second kappa shape index (κ2) is 31.8. The van der Waals surface area contributed by atoms with E-state index in [9.17, 15) is 14.4 Å². The van der Waals surface area contributed by atoms with Gasteiger partial charge in [-0.05, 0) is 52.7 Å². The van der Waals surface area contributed by atoms with Gasteiger partial charge in [0.1, 0.15) is 12.7 Å². The van der Waals surface area contributed by atoms with Gasteiger partial charge in [0.15, 0.2) is 12.2 Å². The largest absolute Gasteiger partial charge is 0.463 e. The Labute approximate surface area is 314 Å². The Bertz CT molecular complexity index is 865. The molecule has 0 radical (unpaired) electrons. The average molecular weight is 724 g/mol. The summed E-state index contributed by atoms with van der Waals surface area (Å²) in [6.07, 6.45) is 25.0. The van der Waals surface area contributed by atoms with Crippen molar-refractivity contribution in [2.75, 3.05) is 33.9 Å². The van der Waals surface area contributed by atoms with E-state index in [2.05, 4.69) is 27.7 Å². The van der Waals surface area contributed by atoms with Crippen molar-refractivity contribution in [1.29, 1.82) is 0 Å². The average Bonchev–Trinajstić information content (AvgIpc) is 3.48. The van der Waals surface area contributed by atoms with Gasteiger partial charge in [-0.2, -0.15) is 0 Å². The number of hydrogen-bond acceptors (Lipinski definition) is 8. The first-order chi connectivity index (χ1) is 24.8. The number of carbonyl (C=O) groups excluding carboxylic acids is 3. The summed E-state index contributed by atoms with van der Waals surface area (Å²) in [7, 11) is 3.95. The van der Waals surface area contributed by atoms with Crippen LogP contribution in [0.4, 0.5) is 0 Å². The van der Waals surface area contributed by atoms with Gasteiger partial charge in [-0.1, -0.05) is 156 Å². The van der Waals surface area contributed by atoms with Gasteiger partial charge >= 0.3 is 17.9 Å². The topological polar surface area (TPSA) is 91.4 Å². The highest BCUT2D eigenvalue weighted by molar-refractivity contribution is 5.74. The summed E-state index contributed by atoms with van der Waals surface area (Å²) >= 11 is 0. The highest BCUT2D eigenvalue weighted by Crippen LogP contribution is 2.29. The van der Waals surface area contributed by atoms with Gasteiger partial charge in [0, 0.05) is 6.42 Å². The highest BCUT2D eigenvalue weighted by Gasteiger charge is 2.45. The maximum Gasteiger partial charge on any atom is 0.309 e. The van der Waals surface area contributed by atoms with Crippen molar-refractivity contribution < 1.29 is 33.3 Å². The van der Waals surface area contributed by atoms with Crippen LogP contribution in [-0.2, 0) is 33.3 Å². The summed E-state index contributed by atoms with van der Waals surface area (Å²) in [5.41, 5.74) is 0. The number of ether oxygens (including phenoxy) is 4. The van der Waals surface area contributed by atoms with Crippen LogP contribution in [0.3, 0.4) is 0 Å². The van der Waals surface area contributed by atoms with E-state index in [-0.39, 0.29) is 43.0 Å². The minimum Gasteiger partial charge on any atom is -0.463 e. The lowest BCUT2D eigenvalue weighted by atomic mass is 9.94. The van der Waals surface area contributed by atoms with Crippen LogP contribution in [0.5, 0.6) is 0 Å². The Morgan fingerprint density at radius 3 is 1.45 bits per heavy atom. The molecule has 0 aromatic rings. The van der Waals surface area contributed by atoms with E-state index in [0.717, 1.165) is 103 Å². The lowest BCUT2D eigenvalue weighted by Crippen LogP contribution is -2.42. The van der Waals surface area contributed by atoms with Crippen molar-refractivity contribution in [3.8, 4) is 0 Å². The second-order valence-corrected chi connectivity index (χ2v) is 15.5. The molecule has 0 amide bonds. The van der Waals surface area contributed by atoms with Crippen LogP contribution in [0.1, 0.15) is 195 Å². The number of esters is 3. The molecule has 8 heteroatoms. The van der Waals surface area contributed by atoms with E-state index in [1.807, 2.05) is 19.0 Å². The molecule has 0 aromatic heterocycles. The maximum atomic E-state index is 13.9. The molecular weight excluding hydrogens is 642 g/mol. The van der Waals surface area contributed by atoms with E-state index in [1.54, 1.807) is 0 Å². The zero-order valence-corrected chi connectivity index (χ0v) is 34.2. The summed E-state index contributed by atoms with van der Waals surface area (Å²) in [6, 6.07) is 0. The molecule has 0 aromatic carbocycles. The van der Waals surface area contributed by atoms with Crippen LogP contribution in [0.2, 0.25) is 0 Å². The molecule has 1 fully saturated rings. The second-order valence-electron chi connectivity index (χ2n) is 15.5. The summed E-state index contributed by atoms with van der Waals surface area (Å²) in [6.45, 7) is 9.75. The third-order valence-electron chi connectivity index (χ3n) is 10.4. The molecule has 0 spiro atoms. The Morgan fingerprint density at radius 1 is 0.588 bits per heavy atom. The molecule has 0 saturated carbocycles. The molecule has 51 heavy (non-hydrogen) atoms. The highest BCUT2D eigenvalue weighted by atomic mass is 16.6. The Hall–Kier alpha value is -1.67. The fourth-order valence-electron chi connectivity index (χ4n) is 7.04. The number of rotatable bonds is 34. The predicted octanol–water partition coefficient (Wildman–Crippen LogP) is 10.8. The maximum absolute atomic E-state index is 13.9. The molecule has 0 bridgehead atoms. The first-order valence-electron chi connectivity index (χ1n) is 21.6. The summed E-state index contributed by atoms with van der Waals surface area (Å²) in [4.78, 5) is 42.3. The van der Waals surface area contributed by atoms with Crippen LogP contribution in [0.15, 0.2) is 0 Å². The van der Waals surface area contributed by atoms with Crippen LogP contribution in [-0.4, -0.2) is 75.0 Å². The predicted molar refractivity (Wildman–Crippen MR) is 209 cm³/mol. The van der Waals surface area contributed by atoms with Crippen molar-refractivity contribution in [2.24, 2.45) is 11.8 Å². The fourth-order valence-corrected chi connectivity index (χ4v) is 7.04. The van der Waals surface area contributed by atoms with Crippen LogP contribution in [0, 0.1) is 11.8 Å². The summed E-state index contributed by atoms with van der Waals surface area (Å²) in [5.74, 6) is -1.11. The Balaban J connectivity index is 3.05. The minimum absolute atomic E-state index is 0.0242. The van der Waals surface area contributed by atoms with E-state index < -0.39 is 18.3 Å². The SMILES string of the molecule is CCCCCCCCC(CCCCCC)C(=O)OC1CO[C@H](COC(=O)CCCN(C)C)[C@@H]1OC(=O)C(CCCCCC)CCCCCCCC. The standard InChI is InChI=1S/C43H81NO7/c1-7-11-15-19-21-25-30-36(28-23-17-13-9-3)42(46)50-39-35-48-38(34-49-40(45)32-27-33-44(5)6)41(39)51-43(47)37(29-24-18-14-10-4)31-26-22-20-16-12-8-2/h36-39,41H,7-35H2,1-6H3/t36?,37?,38-,39?,41+/m1/s1. The summed E-state index contributed by atoms with van der Waals surface area (Å²) < 4.78 is 24.2. The zero-order valence-electron chi connectivity index (χ0n) is 34.2. The molecule has 300 valence electrons. The van der Waals surface area contributed by atoms with Gasteiger partial charge in [-0.15, -0.1) is 0 Å². The number of carbonyl (C=O) groups is 3. The smallest absolute Gasteiger partial charge is 0.309 e. The first-order valence-corrected chi connectivity index (χ1v) is 21.6. The molecule has 1 rings (SSSR count). The van der Waals surface area contributed by atoms with Gasteiger partial charge in [0.2, 0.25) is 0 Å². The molecule has 0 N–H and O–H groups in total. The van der Waals surface area contributed by atoms with Crippen molar-refractivity contribution in [1.82, 2.24) is 4.90 Å². The molecule has 1 saturated heterocycles. The number of nitrogens with zero attached hydrogens (tertiary/aromatic N) is 1. The Kier molecular flexibility index (Phi) is 29.5. The summed E-state index contributed by atoms with van der Waals surface area (Å²) in [5, 5.41) is 0. The monoisotopic (exact) mass is 724 g/mol. The first kappa shape index (κ1) is 47.4. The van der Waals surface area contributed by atoms with Gasteiger partial charge in [0.25, 0.3) is 0 Å². The zero-order chi connectivity index (χ0) is 37.5. The number of unbranched alkanes of at least 4 members (excludes halogenated alkanes) is 16. The third kappa shape index (κ3) is 23.6. The normalized spacial score (nSPS) is 18.5. The van der Waals surface area contributed by atoms with Crippen LogP contribution in [0.25, 0.3) is 0 Å². The van der Waals surface area contributed by atoms with Crippen LogP contribution < -0.4 is 0 Å². The number of hydrogen-bond donors (Lipinski definition) is 0. The molecule has 5 atom stereocenters. The van der Waals surface area contributed by atoms with Gasteiger partial charge < -0.3 is 23.8 Å². The van der Waals surface area contributed by atoms with E-state index in [4.69, 9.17) is 18.9 Å². The fraction of sp³-hybridized carbons (Fsp3) is 0.930. The molecule has 1 aliphatic rings. The van der Waals surface area contributed by atoms with E-state index in [1.165, 1.54) is 57.8 Å². The van der Waals surface area contributed by atoms with E-state index >= 15 is 0 Å².